The van der Waals surface area contributed by atoms with Crippen molar-refractivity contribution in [2.24, 2.45) is 0 Å². The van der Waals surface area contributed by atoms with Gasteiger partial charge >= 0.3 is 0 Å². The standard InChI is InChI=1S/C9H12.C6H11F2N.3CH4.Y/c1-8(2)9-6-4-3-5-7-9;1-5(2)9-3-6(7,8)4-9;;;;/h3-8H,1-2H3;5H,3-4H2,1-2H3;3*1H4;. The fourth-order valence-corrected chi connectivity index (χ4v) is 1.75. The van der Waals surface area contributed by atoms with E-state index in [-0.39, 0.29) is 74.1 Å². The molecule has 0 unspecified atom stereocenters. The number of rotatable bonds is 2. The quantitative estimate of drug-likeness (QED) is 0.591. The van der Waals surface area contributed by atoms with E-state index in [1.807, 2.05) is 19.9 Å². The molecule has 1 aromatic carbocycles. The van der Waals surface area contributed by atoms with Crippen LogP contribution < -0.4 is 0 Å². The number of alkyl halides is 2. The Labute approximate surface area is 162 Å². The second-order valence-electron chi connectivity index (χ2n) is 5.42. The van der Waals surface area contributed by atoms with E-state index in [1.165, 1.54) is 5.56 Å². The molecule has 129 valence electrons. The van der Waals surface area contributed by atoms with Crippen molar-refractivity contribution in [2.75, 3.05) is 13.1 Å². The van der Waals surface area contributed by atoms with Crippen LogP contribution in [0.15, 0.2) is 30.3 Å². The van der Waals surface area contributed by atoms with Gasteiger partial charge in [-0.05, 0) is 25.3 Å². The first kappa shape index (κ1) is 30.1. The third kappa shape index (κ3) is 10.8. The van der Waals surface area contributed by atoms with Gasteiger partial charge in [-0.3, -0.25) is 4.90 Å². The maximum absolute atomic E-state index is 12.1. The molecule has 1 aliphatic rings. The number of hydrogen-bond donors (Lipinski definition) is 0. The van der Waals surface area contributed by atoms with Crippen LogP contribution in [-0.2, 0) is 32.7 Å². The molecule has 1 nitrogen and oxygen atoms in total. The van der Waals surface area contributed by atoms with Crippen LogP contribution in [0.1, 0.15) is 61.5 Å². The van der Waals surface area contributed by atoms with Gasteiger partial charge in [0, 0.05) is 38.8 Å². The molecule has 1 aliphatic heterocycles. The van der Waals surface area contributed by atoms with E-state index in [4.69, 9.17) is 0 Å². The Morgan fingerprint density at radius 3 is 1.50 bits per heavy atom. The molecular formula is C18H35F2NY. The molecule has 2 rings (SSSR count). The van der Waals surface area contributed by atoms with Crippen molar-refractivity contribution in [3.05, 3.63) is 35.9 Å². The number of likely N-dealkylation sites (tertiary alicyclic amines) is 1. The Bertz CT molecular complexity index is 345. The Morgan fingerprint density at radius 1 is 0.909 bits per heavy atom. The Kier molecular flexibility index (Phi) is 18.6. The van der Waals surface area contributed by atoms with Gasteiger partial charge in [0.1, 0.15) is 0 Å². The first-order valence-corrected chi connectivity index (χ1v) is 6.48. The third-order valence-corrected chi connectivity index (χ3v) is 3.07. The van der Waals surface area contributed by atoms with E-state index in [2.05, 4.69) is 38.1 Å². The smallest absolute Gasteiger partial charge is 0.272 e. The van der Waals surface area contributed by atoms with Gasteiger partial charge < -0.3 is 0 Å². The van der Waals surface area contributed by atoms with Gasteiger partial charge in [0.25, 0.3) is 5.92 Å². The second kappa shape index (κ2) is 13.6. The minimum Gasteiger partial charge on any atom is -0.289 e. The molecule has 0 spiro atoms. The van der Waals surface area contributed by atoms with E-state index >= 15 is 0 Å². The zero-order chi connectivity index (χ0) is 13.8. The summed E-state index contributed by atoms with van der Waals surface area (Å²) < 4.78 is 24.2. The van der Waals surface area contributed by atoms with Gasteiger partial charge in [-0.1, -0.05) is 66.5 Å². The summed E-state index contributed by atoms with van der Waals surface area (Å²) in [7, 11) is 0. The number of hydrogen-bond acceptors (Lipinski definition) is 1. The molecule has 22 heavy (non-hydrogen) atoms. The van der Waals surface area contributed by atoms with Crippen LogP contribution in [0.2, 0.25) is 0 Å². The second-order valence-corrected chi connectivity index (χ2v) is 5.42. The Hall–Kier alpha value is 0.144. The molecule has 0 aliphatic carbocycles. The molecule has 0 N–H and O–H groups in total. The Balaban J connectivity index is -0.000000125. The molecule has 1 heterocycles. The molecular weight excluding hydrogens is 357 g/mol. The van der Waals surface area contributed by atoms with E-state index < -0.39 is 5.92 Å². The molecule has 1 fully saturated rings. The first-order chi connectivity index (χ1) is 8.32. The summed E-state index contributed by atoms with van der Waals surface area (Å²) in [6.45, 7) is 8.16. The molecule has 0 saturated carbocycles. The van der Waals surface area contributed by atoms with Crippen molar-refractivity contribution in [1.82, 2.24) is 4.90 Å². The van der Waals surface area contributed by atoms with Crippen LogP contribution in [0.4, 0.5) is 8.78 Å². The minimum atomic E-state index is -2.40. The fraction of sp³-hybridized carbons (Fsp3) is 0.667. The first-order valence-electron chi connectivity index (χ1n) is 6.48. The van der Waals surface area contributed by atoms with Crippen LogP contribution in [0, 0.1) is 0 Å². The summed E-state index contributed by atoms with van der Waals surface area (Å²) in [5, 5.41) is 0. The van der Waals surface area contributed by atoms with Crippen molar-refractivity contribution in [1.29, 1.82) is 0 Å². The van der Waals surface area contributed by atoms with Crippen LogP contribution in [0.5, 0.6) is 0 Å². The Morgan fingerprint density at radius 2 is 1.32 bits per heavy atom. The topological polar surface area (TPSA) is 3.24 Å². The third-order valence-electron chi connectivity index (χ3n) is 3.07. The van der Waals surface area contributed by atoms with Crippen LogP contribution in [0.25, 0.3) is 0 Å². The van der Waals surface area contributed by atoms with E-state index in [1.54, 1.807) is 4.90 Å². The zero-order valence-corrected chi connectivity index (χ0v) is 15.1. The summed E-state index contributed by atoms with van der Waals surface area (Å²) >= 11 is 0. The monoisotopic (exact) mass is 392 g/mol. The summed E-state index contributed by atoms with van der Waals surface area (Å²) in [6, 6.07) is 10.8. The summed E-state index contributed by atoms with van der Waals surface area (Å²) in [5.41, 5.74) is 1.41. The maximum atomic E-state index is 12.1. The van der Waals surface area contributed by atoms with Gasteiger partial charge in [0.15, 0.2) is 0 Å². The van der Waals surface area contributed by atoms with E-state index in [9.17, 15) is 8.78 Å². The van der Waals surface area contributed by atoms with Gasteiger partial charge in [0.05, 0.1) is 13.1 Å². The number of halogens is 2. The number of benzene rings is 1. The van der Waals surface area contributed by atoms with Crippen molar-refractivity contribution >= 4 is 0 Å². The normalized spacial score (nSPS) is 14.9. The van der Waals surface area contributed by atoms with Crippen molar-refractivity contribution in [3.63, 3.8) is 0 Å². The van der Waals surface area contributed by atoms with Crippen molar-refractivity contribution in [2.45, 2.75) is 67.9 Å². The average molecular weight is 392 g/mol. The van der Waals surface area contributed by atoms with Gasteiger partial charge in [-0.25, -0.2) is 8.78 Å². The van der Waals surface area contributed by atoms with Gasteiger partial charge in [-0.2, -0.15) is 0 Å². The fourth-order valence-electron chi connectivity index (χ4n) is 1.75. The predicted molar refractivity (Wildman–Crippen MR) is 92.4 cm³/mol. The summed E-state index contributed by atoms with van der Waals surface area (Å²) in [6.07, 6.45) is 0. The SMILES string of the molecule is C.C.C.CC(C)N1CC(F)(F)C1.CC(C)c1ccccc1.[Y]. The number of nitrogens with zero attached hydrogens (tertiary/aromatic N) is 1. The van der Waals surface area contributed by atoms with Crippen LogP contribution in [0.3, 0.4) is 0 Å². The molecule has 0 aromatic heterocycles. The van der Waals surface area contributed by atoms with Gasteiger partial charge in [-0.15, -0.1) is 0 Å². The molecule has 1 saturated heterocycles. The van der Waals surface area contributed by atoms with Crippen LogP contribution in [-0.4, -0.2) is 30.0 Å². The molecule has 4 heteroatoms. The predicted octanol–water partition coefficient (Wildman–Crippen LogP) is 6.06. The van der Waals surface area contributed by atoms with E-state index in [0.717, 1.165) is 0 Å². The maximum Gasteiger partial charge on any atom is 0.272 e. The van der Waals surface area contributed by atoms with Crippen LogP contribution >= 0.6 is 0 Å². The van der Waals surface area contributed by atoms with Crippen molar-refractivity contribution < 1.29 is 41.5 Å². The van der Waals surface area contributed by atoms with Gasteiger partial charge in [0.2, 0.25) is 0 Å². The summed E-state index contributed by atoms with van der Waals surface area (Å²) in [5.74, 6) is -1.74. The molecule has 0 amide bonds. The average Bonchev–Trinajstić information content (AvgIpc) is 2.27. The van der Waals surface area contributed by atoms with Crippen molar-refractivity contribution in [3.8, 4) is 0 Å². The largest absolute Gasteiger partial charge is 0.289 e. The molecule has 1 radical (unpaired) electrons. The zero-order valence-electron chi connectivity index (χ0n) is 12.2. The summed E-state index contributed by atoms with van der Waals surface area (Å²) in [4.78, 5) is 1.75. The van der Waals surface area contributed by atoms with E-state index in [0.29, 0.717) is 5.92 Å². The molecule has 0 bridgehead atoms. The molecule has 1 aromatic rings. The minimum absolute atomic E-state index is 0. The molecule has 0 atom stereocenters.